The van der Waals surface area contributed by atoms with Gasteiger partial charge in [0.05, 0.1) is 12.2 Å². The van der Waals surface area contributed by atoms with Crippen LogP contribution < -0.4 is 10.2 Å². The summed E-state index contributed by atoms with van der Waals surface area (Å²) >= 11 is 0. The van der Waals surface area contributed by atoms with Gasteiger partial charge in [0, 0.05) is 44.8 Å². The highest BCUT2D eigenvalue weighted by Crippen LogP contribution is 2.31. The molecule has 0 unspecified atom stereocenters. The van der Waals surface area contributed by atoms with Crippen LogP contribution in [-0.2, 0) is 20.7 Å². The zero-order chi connectivity index (χ0) is 25.1. The van der Waals surface area contributed by atoms with Gasteiger partial charge >= 0.3 is 12.1 Å². The van der Waals surface area contributed by atoms with E-state index in [2.05, 4.69) is 22.3 Å². The smallest absolute Gasteiger partial charge is 0.410 e. The number of anilines is 1. The lowest BCUT2D eigenvalue weighted by Crippen LogP contribution is -2.57. The number of carbonyl (C=O) groups excluding carboxylic acids is 3. The standard InChI is InChI=1S/C26H38N4O5/c1-25(2,3)35-24(33)29-15-11-26(12-16-29)19-28(17-18-34-26)13-4-5-20-6-8-21(9-7-20)30-14-10-22(31)27-23(30)32/h6-9H,4-5,10-19H2,1-3H3,(H,27,31,32). The highest BCUT2D eigenvalue weighted by molar-refractivity contribution is 6.05. The van der Waals surface area contributed by atoms with Crippen molar-refractivity contribution in [3.63, 3.8) is 0 Å². The van der Waals surface area contributed by atoms with Crippen LogP contribution >= 0.6 is 0 Å². The number of hydrogen-bond donors (Lipinski definition) is 1. The van der Waals surface area contributed by atoms with E-state index in [1.165, 1.54) is 5.56 Å². The van der Waals surface area contributed by atoms with Gasteiger partial charge in [-0.1, -0.05) is 12.1 Å². The molecule has 0 radical (unpaired) electrons. The van der Waals surface area contributed by atoms with E-state index >= 15 is 0 Å². The Morgan fingerprint density at radius 1 is 1.09 bits per heavy atom. The number of piperidine rings is 1. The fourth-order valence-corrected chi connectivity index (χ4v) is 5.00. The number of benzene rings is 1. The molecule has 9 heteroatoms. The van der Waals surface area contributed by atoms with Crippen molar-refractivity contribution in [2.24, 2.45) is 0 Å². The third kappa shape index (κ3) is 6.73. The van der Waals surface area contributed by atoms with Crippen molar-refractivity contribution in [1.82, 2.24) is 15.1 Å². The minimum Gasteiger partial charge on any atom is -0.444 e. The first-order valence-corrected chi connectivity index (χ1v) is 12.7. The number of urea groups is 1. The van der Waals surface area contributed by atoms with Crippen LogP contribution in [0.5, 0.6) is 0 Å². The molecule has 0 saturated carbocycles. The molecule has 3 aliphatic rings. The van der Waals surface area contributed by atoms with Crippen molar-refractivity contribution in [1.29, 1.82) is 0 Å². The van der Waals surface area contributed by atoms with Crippen molar-refractivity contribution in [3.8, 4) is 0 Å². The molecule has 1 N–H and O–H groups in total. The van der Waals surface area contributed by atoms with Crippen LogP contribution in [0.25, 0.3) is 0 Å². The second kappa shape index (κ2) is 10.5. The third-order valence-corrected chi connectivity index (χ3v) is 6.90. The monoisotopic (exact) mass is 486 g/mol. The third-order valence-electron chi connectivity index (χ3n) is 6.90. The summed E-state index contributed by atoms with van der Waals surface area (Å²) in [5.74, 6) is -0.221. The molecule has 1 aromatic rings. The molecule has 0 aromatic heterocycles. The Bertz CT molecular complexity index is 919. The second-order valence-electron chi connectivity index (χ2n) is 10.8. The number of amides is 4. The minimum atomic E-state index is -0.479. The summed E-state index contributed by atoms with van der Waals surface area (Å²) < 4.78 is 11.8. The molecular weight excluding hydrogens is 448 g/mol. The number of imide groups is 1. The Hall–Kier alpha value is -2.65. The van der Waals surface area contributed by atoms with Crippen molar-refractivity contribution in [2.75, 3.05) is 50.8 Å². The summed E-state index contributed by atoms with van der Waals surface area (Å²) in [6.45, 7) is 11.0. The van der Waals surface area contributed by atoms with Crippen molar-refractivity contribution < 1.29 is 23.9 Å². The van der Waals surface area contributed by atoms with Gasteiger partial charge in [0.1, 0.15) is 5.60 Å². The first-order valence-electron chi connectivity index (χ1n) is 12.7. The maximum absolute atomic E-state index is 12.4. The number of nitrogens with one attached hydrogen (secondary N) is 1. The van der Waals surface area contributed by atoms with Crippen molar-refractivity contribution in [2.45, 2.75) is 64.1 Å². The number of likely N-dealkylation sites (tertiary alicyclic amines) is 1. The number of hydrogen-bond acceptors (Lipinski definition) is 6. The van der Waals surface area contributed by atoms with Crippen molar-refractivity contribution >= 4 is 23.7 Å². The second-order valence-corrected chi connectivity index (χ2v) is 10.8. The predicted octanol–water partition coefficient (Wildman–Crippen LogP) is 3.17. The topological polar surface area (TPSA) is 91.4 Å². The molecule has 4 rings (SSSR count). The lowest BCUT2D eigenvalue weighted by molar-refractivity contribution is -0.134. The summed E-state index contributed by atoms with van der Waals surface area (Å²) in [5, 5.41) is 2.36. The van der Waals surface area contributed by atoms with Gasteiger partial charge in [0.2, 0.25) is 5.91 Å². The van der Waals surface area contributed by atoms with Crippen LogP contribution in [0.3, 0.4) is 0 Å². The molecule has 1 aromatic carbocycles. The van der Waals surface area contributed by atoms with Crippen LogP contribution in [0.15, 0.2) is 24.3 Å². The van der Waals surface area contributed by atoms with Crippen molar-refractivity contribution in [3.05, 3.63) is 29.8 Å². The number of ether oxygens (including phenoxy) is 2. The van der Waals surface area contributed by atoms with Crippen LogP contribution in [0.2, 0.25) is 0 Å². The van der Waals surface area contributed by atoms with E-state index in [1.807, 2.05) is 32.9 Å². The predicted molar refractivity (Wildman–Crippen MR) is 132 cm³/mol. The summed E-state index contributed by atoms with van der Waals surface area (Å²) in [6, 6.07) is 7.67. The van der Waals surface area contributed by atoms with Crippen LogP contribution in [0.1, 0.15) is 52.0 Å². The first-order chi connectivity index (χ1) is 16.6. The van der Waals surface area contributed by atoms with Crippen LogP contribution in [0, 0.1) is 0 Å². The van der Waals surface area contributed by atoms with Gasteiger partial charge in [-0.3, -0.25) is 19.9 Å². The van der Waals surface area contributed by atoms with Gasteiger partial charge in [0.15, 0.2) is 0 Å². The average molecular weight is 487 g/mol. The Morgan fingerprint density at radius 3 is 2.46 bits per heavy atom. The average Bonchev–Trinajstić information content (AvgIpc) is 2.79. The van der Waals surface area contributed by atoms with E-state index < -0.39 is 5.60 Å². The lowest BCUT2D eigenvalue weighted by Gasteiger charge is -2.47. The molecule has 0 atom stereocenters. The van der Waals surface area contributed by atoms with Gasteiger partial charge in [-0.05, 0) is 70.7 Å². The molecule has 3 heterocycles. The zero-order valence-electron chi connectivity index (χ0n) is 21.2. The molecule has 3 aliphatic heterocycles. The molecule has 9 nitrogen and oxygen atoms in total. The van der Waals surface area contributed by atoms with Gasteiger partial charge in [-0.2, -0.15) is 0 Å². The number of morpholine rings is 1. The number of nitrogens with zero attached hydrogens (tertiary/aromatic N) is 3. The largest absolute Gasteiger partial charge is 0.444 e. The fourth-order valence-electron chi connectivity index (χ4n) is 5.00. The van der Waals surface area contributed by atoms with Crippen LogP contribution in [0.4, 0.5) is 15.3 Å². The quantitative estimate of drug-likeness (QED) is 0.688. The summed E-state index contributed by atoms with van der Waals surface area (Å²) in [4.78, 5) is 41.6. The summed E-state index contributed by atoms with van der Waals surface area (Å²) in [6.07, 6.45) is 3.76. The van der Waals surface area contributed by atoms with Gasteiger partial charge < -0.3 is 14.4 Å². The minimum absolute atomic E-state index is 0.172. The summed E-state index contributed by atoms with van der Waals surface area (Å²) in [5.41, 5.74) is 1.39. The fraction of sp³-hybridized carbons (Fsp3) is 0.654. The molecule has 4 amide bonds. The molecule has 35 heavy (non-hydrogen) atoms. The zero-order valence-corrected chi connectivity index (χ0v) is 21.2. The molecule has 3 saturated heterocycles. The summed E-state index contributed by atoms with van der Waals surface area (Å²) in [7, 11) is 0. The maximum Gasteiger partial charge on any atom is 0.410 e. The SMILES string of the molecule is CC(C)(C)OC(=O)N1CCC2(CC1)CN(CCCc1ccc(N3CCC(=O)NC3=O)cc1)CCO2. The van der Waals surface area contributed by atoms with Gasteiger partial charge in [-0.15, -0.1) is 0 Å². The highest BCUT2D eigenvalue weighted by Gasteiger charge is 2.41. The molecule has 3 fully saturated rings. The van der Waals surface area contributed by atoms with E-state index in [-0.39, 0.29) is 23.6 Å². The van der Waals surface area contributed by atoms with E-state index in [4.69, 9.17) is 9.47 Å². The molecule has 1 spiro atoms. The Morgan fingerprint density at radius 2 is 1.80 bits per heavy atom. The molecule has 192 valence electrons. The van der Waals surface area contributed by atoms with E-state index in [1.54, 1.807) is 9.80 Å². The molecule has 0 bridgehead atoms. The first kappa shape index (κ1) is 25.4. The molecular formula is C26H38N4O5. The Labute approximate surface area is 207 Å². The van der Waals surface area contributed by atoms with E-state index in [9.17, 15) is 14.4 Å². The van der Waals surface area contributed by atoms with E-state index in [0.717, 1.165) is 57.6 Å². The number of aryl methyl sites for hydroxylation is 1. The Balaban J connectivity index is 1.21. The number of rotatable bonds is 5. The highest BCUT2D eigenvalue weighted by atomic mass is 16.6. The van der Waals surface area contributed by atoms with Gasteiger partial charge in [-0.25, -0.2) is 9.59 Å². The number of carbonyl (C=O) groups is 3. The van der Waals surface area contributed by atoms with E-state index in [0.29, 0.717) is 26.1 Å². The normalized spacial score (nSPS) is 21.2. The van der Waals surface area contributed by atoms with Crippen LogP contribution in [-0.4, -0.2) is 84.9 Å². The maximum atomic E-state index is 12.4. The Kier molecular flexibility index (Phi) is 7.66. The lowest BCUT2D eigenvalue weighted by atomic mass is 9.89. The van der Waals surface area contributed by atoms with Gasteiger partial charge in [0.25, 0.3) is 0 Å². The molecule has 0 aliphatic carbocycles.